The molecule has 1 aromatic rings. The quantitative estimate of drug-likeness (QED) is 0.689. The highest BCUT2D eigenvalue weighted by atomic mass is 32.2. The maximum atomic E-state index is 13.0. The lowest BCUT2D eigenvalue weighted by atomic mass is 9.85. The predicted molar refractivity (Wildman–Crippen MR) is 105 cm³/mol. The van der Waals surface area contributed by atoms with Gasteiger partial charge in [0, 0.05) is 30.9 Å². The Morgan fingerprint density at radius 1 is 1.09 bits per heavy atom. The van der Waals surface area contributed by atoms with Gasteiger partial charge in [-0.15, -0.1) is 0 Å². The molecule has 3 aliphatic heterocycles. The van der Waals surface area contributed by atoms with Crippen molar-refractivity contribution in [3.8, 4) is 5.88 Å². The summed E-state index contributed by atoms with van der Waals surface area (Å²) in [4.78, 5) is 22.9. The van der Waals surface area contributed by atoms with E-state index in [-0.39, 0.29) is 44.1 Å². The highest BCUT2D eigenvalue weighted by Gasteiger charge is 2.49. The van der Waals surface area contributed by atoms with Crippen LogP contribution >= 0.6 is 0 Å². The second kappa shape index (κ2) is 9.10. The maximum Gasteiger partial charge on any atom is 0.511 e. The summed E-state index contributed by atoms with van der Waals surface area (Å²) in [7, 11) is -5.57. The third kappa shape index (κ3) is 4.84. The van der Waals surface area contributed by atoms with Crippen molar-refractivity contribution in [1.82, 2.24) is 19.6 Å². The molecule has 2 atom stereocenters. The summed E-state index contributed by atoms with van der Waals surface area (Å²) in [6, 6.07) is -2.00. The lowest BCUT2D eigenvalue weighted by Gasteiger charge is -2.42. The Hall–Kier alpha value is -1.99. The van der Waals surface area contributed by atoms with E-state index in [1.165, 1.54) is 11.1 Å². The van der Waals surface area contributed by atoms with E-state index in [0.29, 0.717) is 25.0 Å². The number of carbonyl (C=O) groups excluding carboxylic acids is 1. The van der Waals surface area contributed by atoms with Gasteiger partial charge < -0.3 is 14.4 Å². The summed E-state index contributed by atoms with van der Waals surface area (Å²) in [5.41, 5.74) is -4.75. The Balaban J connectivity index is 1.60. The van der Waals surface area contributed by atoms with Gasteiger partial charge in [-0.05, 0) is 38.5 Å². The molecule has 4 heterocycles. The van der Waals surface area contributed by atoms with Gasteiger partial charge in [0.05, 0.1) is 18.8 Å². The van der Waals surface area contributed by atoms with Gasteiger partial charge in [0.15, 0.2) is 6.61 Å². The summed E-state index contributed by atoms with van der Waals surface area (Å²) >= 11 is 0. The standard InChI is InChI=1S/C19H25F3N4O5S/c20-19(21,22)32(28,29)25-14-2-1-9-26-15(14)10-30-13-5-3-12(4-6-13)17-18(24-8-7-23-17)31-11-16(26)27/h7-8,12-15,25H,1-6,9-11H2/t12-,13+,14?,15?. The molecule has 1 aromatic heterocycles. The molecule has 0 spiro atoms. The number of hydrogen-bond donors (Lipinski definition) is 1. The Morgan fingerprint density at radius 2 is 1.81 bits per heavy atom. The zero-order chi connectivity index (χ0) is 22.9. The van der Waals surface area contributed by atoms with E-state index in [9.17, 15) is 26.4 Å². The van der Waals surface area contributed by atoms with E-state index in [0.717, 1.165) is 12.8 Å². The fraction of sp³-hybridized carbons (Fsp3) is 0.737. The predicted octanol–water partition coefficient (Wildman–Crippen LogP) is 1.71. The first-order chi connectivity index (χ1) is 15.2. The van der Waals surface area contributed by atoms with Crippen LogP contribution in [0.4, 0.5) is 13.2 Å². The third-order valence-corrected chi connectivity index (χ3v) is 7.52. The molecule has 4 aliphatic rings. The molecular formula is C19H25F3N4O5S. The normalized spacial score (nSPS) is 29.7. The van der Waals surface area contributed by atoms with Crippen LogP contribution in [0.1, 0.15) is 50.1 Å². The molecular weight excluding hydrogens is 453 g/mol. The van der Waals surface area contributed by atoms with Crippen LogP contribution in [0.3, 0.4) is 0 Å². The summed E-state index contributed by atoms with van der Waals surface area (Å²) < 4.78 is 75.8. The molecule has 32 heavy (non-hydrogen) atoms. The maximum absolute atomic E-state index is 13.0. The van der Waals surface area contributed by atoms with Gasteiger partial charge in [-0.3, -0.25) is 9.78 Å². The third-order valence-electron chi connectivity index (χ3n) is 6.30. The van der Waals surface area contributed by atoms with Gasteiger partial charge >= 0.3 is 15.5 Å². The highest BCUT2D eigenvalue weighted by Crippen LogP contribution is 2.37. The minimum Gasteiger partial charge on any atom is -0.466 e. The number of carbonyl (C=O) groups is 1. The molecule has 0 radical (unpaired) electrons. The molecule has 1 N–H and O–H groups in total. The Bertz CT molecular complexity index is 937. The number of ether oxygens (including phenoxy) is 2. The van der Waals surface area contributed by atoms with Crippen LogP contribution in [-0.4, -0.2) is 72.6 Å². The van der Waals surface area contributed by atoms with E-state index < -0.39 is 33.5 Å². The molecule has 178 valence electrons. The van der Waals surface area contributed by atoms with Crippen LogP contribution in [0.2, 0.25) is 0 Å². The van der Waals surface area contributed by atoms with E-state index >= 15 is 0 Å². The Labute approximate surface area is 183 Å². The zero-order valence-corrected chi connectivity index (χ0v) is 18.1. The minimum absolute atomic E-state index is 0.0600. The summed E-state index contributed by atoms with van der Waals surface area (Å²) in [5, 5.41) is 0. The smallest absolute Gasteiger partial charge is 0.466 e. The Kier molecular flexibility index (Phi) is 6.59. The molecule has 2 bridgehead atoms. The Morgan fingerprint density at radius 3 is 2.53 bits per heavy atom. The van der Waals surface area contributed by atoms with Crippen LogP contribution in [0.5, 0.6) is 5.88 Å². The number of piperidine rings is 1. The van der Waals surface area contributed by atoms with E-state index in [4.69, 9.17) is 9.47 Å². The van der Waals surface area contributed by atoms with Gasteiger partial charge in [0.2, 0.25) is 5.88 Å². The van der Waals surface area contributed by atoms with Gasteiger partial charge in [-0.25, -0.2) is 18.1 Å². The van der Waals surface area contributed by atoms with E-state index in [1.807, 2.05) is 0 Å². The number of amides is 1. The zero-order valence-electron chi connectivity index (χ0n) is 17.3. The van der Waals surface area contributed by atoms with E-state index in [1.54, 1.807) is 10.9 Å². The van der Waals surface area contributed by atoms with Crippen LogP contribution in [0.25, 0.3) is 0 Å². The fourth-order valence-corrected chi connectivity index (χ4v) is 5.46. The van der Waals surface area contributed by atoms with Crippen LogP contribution in [0, 0.1) is 0 Å². The number of halogens is 3. The van der Waals surface area contributed by atoms with Crippen molar-refractivity contribution in [2.75, 3.05) is 19.8 Å². The van der Waals surface area contributed by atoms with Crippen LogP contribution < -0.4 is 9.46 Å². The van der Waals surface area contributed by atoms with Crippen LogP contribution in [0.15, 0.2) is 12.4 Å². The number of nitrogens with zero attached hydrogens (tertiary/aromatic N) is 3. The summed E-state index contributed by atoms with van der Waals surface area (Å²) in [6.45, 7) is -0.173. The number of aromatic nitrogens is 2. The first kappa shape index (κ1) is 23.2. The molecule has 1 saturated carbocycles. The number of fused-ring (bicyclic) bond motifs is 5. The number of rotatable bonds is 2. The second-order valence-corrected chi connectivity index (χ2v) is 10.0. The average Bonchev–Trinajstić information content (AvgIpc) is 2.77. The fourth-order valence-electron chi connectivity index (χ4n) is 4.65. The first-order valence-corrected chi connectivity index (χ1v) is 12.1. The van der Waals surface area contributed by atoms with Gasteiger partial charge in [0.25, 0.3) is 5.91 Å². The first-order valence-electron chi connectivity index (χ1n) is 10.6. The number of hydrogen-bond acceptors (Lipinski definition) is 7. The molecule has 1 aliphatic carbocycles. The molecule has 9 nitrogen and oxygen atoms in total. The van der Waals surface area contributed by atoms with Crippen molar-refractivity contribution in [2.45, 2.75) is 68.1 Å². The molecule has 1 saturated heterocycles. The molecule has 13 heteroatoms. The second-order valence-electron chi connectivity index (χ2n) is 8.31. The SMILES string of the molecule is O=C1COc2nccnc2[C@H]2CC[C@H](CC2)OCC2C(NS(=O)(=O)C(F)(F)F)CCCN12. The monoisotopic (exact) mass is 478 g/mol. The summed E-state index contributed by atoms with van der Waals surface area (Å²) in [5.74, 6) is -0.0895. The lowest BCUT2D eigenvalue weighted by molar-refractivity contribution is -0.140. The molecule has 5 rings (SSSR count). The van der Waals surface area contributed by atoms with Gasteiger partial charge in [0.1, 0.15) is 5.69 Å². The number of sulfonamides is 1. The largest absolute Gasteiger partial charge is 0.511 e. The van der Waals surface area contributed by atoms with Crippen molar-refractivity contribution in [3.05, 3.63) is 18.1 Å². The van der Waals surface area contributed by atoms with Crippen molar-refractivity contribution in [3.63, 3.8) is 0 Å². The summed E-state index contributed by atoms with van der Waals surface area (Å²) in [6.07, 6.45) is 6.37. The molecule has 0 aromatic carbocycles. The highest BCUT2D eigenvalue weighted by molar-refractivity contribution is 7.90. The van der Waals surface area contributed by atoms with Crippen molar-refractivity contribution < 1.29 is 35.9 Å². The molecule has 2 unspecified atom stereocenters. The van der Waals surface area contributed by atoms with Gasteiger partial charge in [-0.1, -0.05) is 0 Å². The average molecular weight is 478 g/mol. The van der Waals surface area contributed by atoms with Gasteiger partial charge in [-0.2, -0.15) is 13.2 Å². The van der Waals surface area contributed by atoms with E-state index in [2.05, 4.69) is 9.97 Å². The number of nitrogens with one attached hydrogen (secondary N) is 1. The van der Waals surface area contributed by atoms with Crippen molar-refractivity contribution >= 4 is 15.9 Å². The number of alkyl halides is 3. The topological polar surface area (TPSA) is 111 Å². The van der Waals surface area contributed by atoms with Crippen molar-refractivity contribution in [1.29, 1.82) is 0 Å². The van der Waals surface area contributed by atoms with Crippen LogP contribution in [-0.2, 0) is 19.6 Å². The lowest BCUT2D eigenvalue weighted by Crippen LogP contribution is -2.60. The van der Waals surface area contributed by atoms with Crippen molar-refractivity contribution in [2.24, 2.45) is 0 Å². The molecule has 2 fully saturated rings. The molecule has 1 amide bonds. The minimum atomic E-state index is -5.57.